The summed E-state index contributed by atoms with van der Waals surface area (Å²) in [5, 5.41) is 10.8. The molecule has 2 rings (SSSR count). The van der Waals surface area contributed by atoms with E-state index in [1.165, 1.54) is 24.0 Å². The van der Waals surface area contributed by atoms with Crippen LogP contribution in [0, 0.1) is 6.92 Å². The molecule has 1 fully saturated rings. The van der Waals surface area contributed by atoms with Gasteiger partial charge in [-0.05, 0) is 57.7 Å². The van der Waals surface area contributed by atoms with E-state index in [9.17, 15) is 23.1 Å². The zero-order valence-corrected chi connectivity index (χ0v) is 14.9. The van der Waals surface area contributed by atoms with Crippen LogP contribution in [0.5, 0.6) is 0 Å². The first-order chi connectivity index (χ1) is 11.3. The molecule has 140 valence electrons. The van der Waals surface area contributed by atoms with E-state index in [0.717, 1.165) is 6.07 Å². The molecule has 1 N–H and O–H groups in total. The van der Waals surface area contributed by atoms with Crippen LogP contribution in [0.4, 0.5) is 18.0 Å². The Morgan fingerprint density at radius 1 is 1.20 bits per heavy atom. The van der Waals surface area contributed by atoms with Crippen LogP contribution in [0.3, 0.4) is 0 Å². The second-order valence-corrected chi connectivity index (χ2v) is 7.53. The average molecular weight is 359 g/mol. The SMILES string of the molecule is Cc1ccc(C2(O)CCN(C(=O)OC(C)(C)C)CC2)cc1C(F)(F)F. The van der Waals surface area contributed by atoms with E-state index in [4.69, 9.17) is 4.74 Å². The summed E-state index contributed by atoms with van der Waals surface area (Å²) >= 11 is 0. The number of hydrogen-bond donors (Lipinski definition) is 1. The number of piperidine rings is 1. The van der Waals surface area contributed by atoms with E-state index in [-0.39, 0.29) is 37.1 Å². The number of rotatable bonds is 1. The molecular weight excluding hydrogens is 335 g/mol. The highest BCUT2D eigenvalue weighted by atomic mass is 19.4. The predicted molar refractivity (Wildman–Crippen MR) is 87.1 cm³/mol. The molecule has 0 spiro atoms. The summed E-state index contributed by atoms with van der Waals surface area (Å²) in [7, 11) is 0. The molecule has 4 nitrogen and oxygen atoms in total. The highest BCUT2D eigenvalue weighted by Gasteiger charge is 2.39. The quantitative estimate of drug-likeness (QED) is 0.816. The van der Waals surface area contributed by atoms with Crippen LogP contribution in [0.25, 0.3) is 0 Å². The van der Waals surface area contributed by atoms with E-state index in [0.29, 0.717) is 0 Å². The molecule has 1 aromatic rings. The zero-order valence-electron chi connectivity index (χ0n) is 14.9. The lowest BCUT2D eigenvalue weighted by Crippen LogP contribution is -2.46. The van der Waals surface area contributed by atoms with Gasteiger partial charge in [-0.1, -0.05) is 12.1 Å². The number of hydrogen-bond acceptors (Lipinski definition) is 3. The van der Waals surface area contributed by atoms with Crippen LogP contribution in [-0.2, 0) is 16.5 Å². The zero-order chi connectivity index (χ0) is 19.0. The topological polar surface area (TPSA) is 49.8 Å². The summed E-state index contributed by atoms with van der Waals surface area (Å²) < 4.78 is 44.6. The van der Waals surface area contributed by atoms with Crippen molar-refractivity contribution in [3.63, 3.8) is 0 Å². The Kier molecular flexibility index (Phi) is 5.10. The molecule has 0 aliphatic carbocycles. The molecule has 0 radical (unpaired) electrons. The fourth-order valence-electron chi connectivity index (χ4n) is 2.89. The van der Waals surface area contributed by atoms with Gasteiger partial charge in [0.05, 0.1) is 11.2 Å². The van der Waals surface area contributed by atoms with Crippen molar-refractivity contribution in [1.82, 2.24) is 4.90 Å². The van der Waals surface area contributed by atoms with Gasteiger partial charge in [0.25, 0.3) is 0 Å². The predicted octanol–water partition coefficient (Wildman–Crippen LogP) is 4.23. The van der Waals surface area contributed by atoms with Gasteiger partial charge < -0.3 is 14.7 Å². The van der Waals surface area contributed by atoms with Crippen molar-refractivity contribution in [2.45, 2.75) is 57.9 Å². The molecule has 1 aliphatic rings. The molecule has 0 unspecified atom stereocenters. The summed E-state index contributed by atoms with van der Waals surface area (Å²) in [5.74, 6) is 0. The number of likely N-dealkylation sites (tertiary alicyclic amines) is 1. The highest BCUT2D eigenvalue weighted by Crippen LogP contribution is 2.38. The molecule has 0 saturated carbocycles. The van der Waals surface area contributed by atoms with Crippen LogP contribution in [0.15, 0.2) is 18.2 Å². The largest absolute Gasteiger partial charge is 0.444 e. The van der Waals surface area contributed by atoms with Gasteiger partial charge in [-0.15, -0.1) is 0 Å². The van der Waals surface area contributed by atoms with Gasteiger partial charge in [0.15, 0.2) is 0 Å². The first-order valence-electron chi connectivity index (χ1n) is 8.20. The molecule has 7 heteroatoms. The van der Waals surface area contributed by atoms with Gasteiger partial charge in [0, 0.05) is 13.1 Å². The summed E-state index contributed by atoms with van der Waals surface area (Å²) in [4.78, 5) is 13.5. The Bertz CT molecular complexity index is 642. The standard InChI is InChI=1S/C18H24F3NO3/c1-12-5-6-13(11-14(12)18(19,20)21)17(24)7-9-22(10-8-17)15(23)25-16(2,3)4/h5-6,11,24H,7-10H2,1-4H3. The maximum absolute atomic E-state index is 13.1. The molecule has 1 aromatic carbocycles. The number of nitrogens with zero attached hydrogens (tertiary/aromatic N) is 1. The minimum absolute atomic E-state index is 0.117. The average Bonchev–Trinajstić information content (AvgIpc) is 2.45. The highest BCUT2D eigenvalue weighted by molar-refractivity contribution is 5.68. The van der Waals surface area contributed by atoms with Crippen LogP contribution >= 0.6 is 0 Å². The van der Waals surface area contributed by atoms with E-state index in [2.05, 4.69) is 0 Å². The number of carbonyl (C=O) groups is 1. The minimum atomic E-state index is -4.46. The van der Waals surface area contributed by atoms with Gasteiger partial charge >= 0.3 is 12.3 Å². The van der Waals surface area contributed by atoms with Gasteiger partial charge in [0.2, 0.25) is 0 Å². The van der Waals surface area contributed by atoms with Crippen LogP contribution < -0.4 is 0 Å². The smallest absolute Gasteiger partial charge is 0.416 e. The first kappa shape index (κ1) is 19.6. The second kappa shape index (κ2) is 6.52. The van der Waals surface area contributed by atoms with E-state index < -0.39 is 29.0 Å². The number of halogens is 3. The third kappa shape index (κ3) is 4.66. The maximum atomic E-state index is 13.1. The summed E-state index contributed by atoms with van der Waals surface area (Å²) in [5.41, 5.74) is -2.40. The van der Waals surface area contributed by atoms with E-state index >= 15 is 0 Å². The van der Waals surface area contributed by atoms with Gasteiger partial charge in [-0.25, -0.2) is 4.79 Å². The normalized spacial score (nSPS) is 18.2. The molecular formula is C18H24F3NO3. The molecule has 0 bridgehead atoms. The van der Waals surface area contributed by atoms with Crippen molar-refractivity contribution in [2.75, 3.05) is 13.1 Å². The Hall–Kier alpha value is -1.76. The van der Waals surface area contributed by atoms with E-state index in [1.807, 2.05) is 0 Å². The third-order valence-corrected chi connectivity index (χ3v) is 4.32. The maximum Gasteiger partial charge on any atom is 0.416 e. The molecule has 1 saturated heterocycles. The number of aryl methyl sites for hydroxylation is 1. The van der Waals surface area contributed by atoms with Gasteiger partial charge in [-0.2, -0.15) is 13.2 Å². The number of alkyl halides is 3. The fourth-order valence-corrected chi connectivity index (χ4v) is 2.89. The summed E-state index contributed by atoms with van der Waals surface area (Å²) in [6.45, 7) is 7.12. The number of aliphatic hydroxyl groups is 1. The van der Waals surface area contributed by atoms with Gasteiger partial charge in [0.1, 0.15) is 5.60 Å². The number of benzene rings is 1. The van der Waals surface area contributed by atoms with Crippen molar-refractivity contribution in [1.29, 1.82) is 0 Å². The summed E-state index contributed by atoms with van der Waals surface area (Å²) in [6, 6.07) is 3.91. The third-order valence-electron chi connectivity index (χ3n) is 4.32. The minimum Gasteiger partial charge on any atom is -0.444 e. The fraction of sp³-hybridized carbons (Fsp3) is 0.611. The monoisotopic (exact) mass is 359 g/mol. The van der Waals surface area contributed by atoms with Crippen LogP contribution in [0.1, 0.15) is 50.3 Å². The Labute approximate surface area is 145 Å². The Balaban J connectivity index is 2.14. The Morgan fingerprint density at radius 2 is 1.76 bits per heavy atom. The van der Waals surface area contributed by atoms with Crippen molar-refractivity contribution < 1.29 is 27.8 Å². The summed E-state index contributed by atoms with van der Waals surface area (Å²) in [6.07, 6.45) is -4.62. The van der Waals surface area contributed by atoms with Crippen molar-refractivity contribution in [3.05, 3.63) is 34.9 Å². The molecule has 1 amide bonds. The molecule has 25 heavy (non-hydrogen) atoms. The lowest BCUT2D eigenvalue weighted by atomic mass is 9.83. The van der Waals surface area contributed by atoms with Crippen molar-refractivity contribution in [2.24, 2.45) is 0 Å². The van der Waals surface area contributed by atoms with Crippen molar-refractivity contribution in [3.8, 4) is 0 Å². The lowest BCUT2D eigenvalue weighted by molar-refractivity contribution is -0.138. The lowest BCUT2D eigenvalue weighted by Gasteiger charge is -2.39. The molecule has 0 atom stereocenters. The van der Waals surface area contributed by atoms with E-state index in [1.54, 1.807) is 20.8 Å². The Morgan fingerprint density at radius 3 is 2.24 bits per heavy atom. The van der Waals surface area contributed by atoms with Crippen LogP contribution in [0.2, 0.25) is 0 Å². The number of ether oxygens (including phenoxy) is 1. The molecule has 1 aliphatic heterocycles. The van der Waals surface area contributed by atoms with Crippen LogP contribution in [-0.4, -0.2) is 34.8 Å². The molecule has 1 heterocycles. The van der Waals surface area contributed by atoms with Gasteiger partial charge in [-0.3, -0.25) is 0 Å². The van der Waals surface area contributed by atoms with Crippen molar-refractivity contribution >= 4 is 6.09 Å². The number of carbonyl (C=O) groups excluding carboxylic acids is 1. The first-order valence-corrected chi connectivity index (χ1v) is 8.20. The molecule has 0 aromatic heterocycles. The number of amides is 1. The second-order valence-electron chi connectivity index (χ2n) is 7.53.